The number of para-hydroxylation sites is 1. The molecule has 238 valence electrons. The molecule has 3 aromatic heterocycles. The Balaban J connectivity index is 1.09. The van der Waals surface area contributed by atoms with E-state index < -0.39 is 0 Å². The van der Waals surface area contributed by atoms with Gasteiger partial charge < -0.3 is 4.57 Å². The second kappa shape index (κ2) is 10.3. The summed E-state index contributed by atoms with van der Waals surface area (Å²) in [5.74, 6) is 5.73. The summed E-state index contributed by atoms with van der Waals surface area (Å²) in [5, 5.41) is 5.21. The molecule has 0 amide bonds. The molecule has 49 heavy (non-hydrogen) atoms. The minimum Gasteiger partial charge on any atom is -0.309 e. The van der Waals surface area contributed by atoms with Crippen molar-refractivity contribution in [1.29, 1.82) is 0 Å². The summed E-state index contributed by atoms with van der Waals surface area (Å²) in [5.41, 5.74) is 5.70. The van der Waals surface area contributed by atoms with Crippen molar-refractivity contribution in [2.75, 3.05) is 0 Å². The number of aromatic nitrogens is 4. The van der Waals surface area contributed by atoms with Crippen molar-refractivity contribution < 1.29 is 0 Å². The molecule has 3 fully saturated rings. The molecule has 8 aromatic rings. The van der Waals surface area contributed by atoms with E-state index in [0.717, 1.165) is 52.0 Å². The molecular formula is C44H36N4S. The van der Waals surface area contributed by atoms with Crippen LogP contribution < -0.4 is 0 Å². The first-order chi connectivity index (χ1) is 24.1. The number of nitrogens with zero attached hydrogens (tertiary/aromatic N) is 4. The lowest BCUT2D eigenvalue weighted by molar-refractivity contribution is 0.0911. The van der Waals surface area contributed by atoms with Crippen LogP contribution in [0.4, 0.5) is 0 Å². The van der Waals surface area contributed by atoms with Gasteiger partial charge in [0.1, 0.15) is 5.82 Å². The molecule has 5 atom stereocenters. The van der Waals surface area contributed by atoms with Gasteiger partial charge in [0.25, 0.3) is 0 Å². The number of hydrogen-bond acceptors (Lipinski definition) is 4. The van der Waals surface area contributed by atoms with Crippen LogP contribution >= 0.6 is 11.3 Å². The lowest BCUT2D eigenvalue weighted by Gasteiger charge is -2.46. The highest BCUT2D eigenvalue weighted by atomic mass is 32.1. The van der Waals surface area contributed by atoms with Crippen LogP contribution in [0.3, 0.4) is 0 Å². The minimum atomic E-state index is -0.0162. The molecule has 3 aliphatic rings. The third kappa shape index (κ3) is 4.12. The predicted molar refractivity (Wildman–Crippen MR) is 202 cm³/mol. The highest BCUT2D eigenvalue weighted by Gasteiger charge is 2.56. The van der Waals surface area contributed by atoms with Crippen LogP contribution in [0, 0.1) is 23.7 Å². The number of hydrogen-bond donors (Lipinski definition) is 0. The van der Waals surface area contributed by atoms with E-state index in [1.807, 2.05) is 11.3 Å². The van der Waals surface area contributed by atoms with Crippen LogP contribution in [0.2, 0.25) is 0 Å². The van der Waals surface area contributed by atoms with E-state index in [0.29, 0.717) is 5.92 Å². The SMILES string of the molecule is CC1(c2nc(-c3ccccc3)nc(-c3ccc(-n4c5ccccc5c5ccc6sc7ccccc7c6c54)cc3)n2)CC2CC3CC(C2)C1C3. The molecule has 3 aliphatic carbocycles. The zero-order valence-corrected chi connectivity index (χ0v) is 28.3. The number of rotatable bonds is 4. The summed E-state index contributed by atoms with van der Waals surface area (Å²) < 4.78 is 5.10. The molecule has 0 spiro atoms. The molecule has 3 saturated carbocycles. The fourth-order valence-corrected chi connectivity index (χ4v) is 11.5. The van der Waals surface area contributed by atoms with E-state index in [4.69, 9.17) is 15.0 Å². The zero-order chi connectivity index (χ0) is 32.3. The second-order valence-corrected chi connectivity index (χ2v) is 16.3. The van der Waals surface area contributed by atoms with Gasteiger partial charge in [0, 0.05) is 53.2 Å². The zero-order valence-electron chi connectivity index (χ0n) is 27.5. The van der Waals surface area contributed by atoms with E-state index in [9.17, 15) is 0 Å². The average molecular weight is 653 g/mol. The molecule has 3 heterocycles. The van der Waals surface area contributed by atoms with E-state index in [1.165, 1.54) is 74.1 Å². The Kier molecular flexibility index (Phi) is 5.90. The molecular weight excluding hydrogens is 617 g/mol. The standard InChI is InChI=1S/C44H36N4S/c1-44(25-27-21-26-22-30(23-27)35(44)24-26)43-46-41(28-9-3-2-4-10-28)45-42(47-43)29-15-17-31(18-16-29)48-36-13-7-5-11-32(36)33-19-20-38-39(40(33)48)34-12-6-8-14-37(34)49-38/h2-20,26-27,30,35H,21-25H2,1H3. The molecule has 11 rings (SSSR count). The maximum atomic E-state index is 5.37. The Morgan fingerprint density at radius 2 is 1.33 bits per heavy atom. The maximum absolute atomic E-state index is 5.37. The molecule has 5 heteroatoms. The van der Waals surface area contributed by atoms with Crippen LogP contribution in [0.5, 0.6) is 0 Å². The van der Waals surface area contributed by atoms with Crippen molar-refractivity contribution >= 4 is 53.3 Å². The number of fused-ring (bicyclic) bond motifs is 9. The van der Waals surface area contributed by atoms with E-state index in [1.54, 1.807) is 0 Å². The van der Waals surface area contributed by atoms with Crippen molar-refractivity contribution in [3.05, 3.63) is 121 Å². The van der Waals surface area contributed by atoms with E-state index >= 15 is 0 Å². The van der Waals surface area contributed by atoms with Crippen molar-refractivity contribution in [2.45, 2.75) is 44.4 Å². The molecule has 5 unspecified atom stereocenters. The monoisotopic (exact) mass is 652 g/mol. The van der Waals surface area contributed by atoms with E-state index in [-0.39, 0.29) is 5.41 Å². The smallest absolute Gasteiger partial charge is 0.163 e. The molecule has 0 aliphatic heterocycles. The van der Waals surface area contributed by atoms with Gasteiger partial charge in [-0.25, -0.2) is 15.0 Å². The third-order valence-electron chi connectivity index (χ3n) is 12.4. The minimum absolute atomic E-state index is 0.0162. The highest BCUT2D eigenvalue weighted by Crippen LogP contribution is 2.62. The van der Waals surface area contributed by atoms with Crippen LogP contribution in [0.1, 0.15) is 44.9 Å². The van der Waals surface area contributed by atoms with Crippen molar-refractivity contribution in [3.8, 4) is 28.5 Å². The molecule has 5 aromatic carbocycles. The summed E-state index contributed by atoms with van der Waals surface area (Å²) in [7, 11) is 0. The van der Waals surface area contributed by atoms with Gasteiger partial charge in [0.2, 0.25) is 0 Å². The molecule has 3 bridgehead atoms. The first-order valence-corrected chi connectivity index (χ1v) is 18.7. The largest absolute Gasteiger partial charge is 0.309 e. The van der Waals surface area contributed by atoms with Crippen molar-refractivity contribution in [3.63, 3.8) is 0 Å². The second-order valence-electron chi connectivity index (χ2n) is 15.2. The molecule has 0 saturated heterocycles. The Morgan fingerprint density at radius 1 is 0.612 bits per heavy atom. The molecule has 4 nitrogen and oxygen atoms in total. The Morgan fingerprint density at radius 3 is 2.16 bits per heavy atom. The van der Waals surface area contributed by atoms with Gasteiger partial charge >= 0.3 is 0 Å². The molecule has 0 radical (unpaired) electrons. The van der Waals surface area contributed by atoms with Gasteiger partial charge in [-0.05, 0) is 98.2 Å². The van der Waals surface area contributed by atoms with Crippen LogP contribution in [-0.4, -0.2) is 19.5 Å². The van der Waals surface area contributed by atoms with Gasteiger partial charge in [-0.15, -0.1) is 11.3 Å². The van der Waals surface area contributed by atoms with Crippen molar-refractivity contribution in [1.82, 2.24) is 19.5 Å². The van der Waals surface area contributed by atoms with Crippen LogP contribution in [0.25, 0.3) is 70.4 Å². The highest BCUT2D eigenvalue weighted by molar-refractivity contribution is 7.26. The normalized spacial score (nSPS) is 24.5. The first-order valence-electron chi connectivity index (χ1n) is 17.9. The van der Waals surface area contributed by atoms with Gasteiger partial charge in [-0.2, -0.15) is 0 Å². The number of benzene rings is 5. The predicted octanol–water partition coefficient (Wildman–Crippen LogP) is 11.4. The van der Waals surface area contributed by atoms with Crippen LogP contribution in [-0.2, 0) is 5.41 Å². The summed E-state index contributed by atoms with van der Waals surface area (Å²) >= 11 is 1.87. The Hall–Kier alpha value is -4.87. The summed E-state index contributed by atoms with van der Waals surface area (Å²) in [4.78, 5) is 15.8. The van der Waals surface area contributed by atoms with E-state index in [2.05, 4.69) is 127 Å². The summed E-state index contributed by atoms with van der Waals surface area (Å²) in [6, 6.07) is 41.6. The van der Waals surface area contributed by atoms with Gasteiger partial charge in [-0.3, -0.25) is 0 Å². The Bertz CT molecular complexity index is 2580. The maximum Gasteiger partial charge on any atom is 0.163 e. The van der Waals surface area contributed by atoms with Gasteiger partial charge in [0.05, 0.1) is 11.0 Å². The molecule has 0 N–H and O–H groups in total. The quantitative estimate of drug-likeness (QED) is 0.190. The average Bonchev–Trinajstić information content (AvgIpc) is 3.77. The van der Waals surface area contributed by atoms with Crippen molar-refractivity contribution in [2.24, 2.45) is 23.7 Å². The number of thiophene rings is 1. The fourth-order valence-electron chi connectivity index (χ4n) is 10.4. The van der Waals surface area contributed by atoms with Crippen LogP contribution in [0.15, 0.2) is 115 Å². The van der Waals surface area contributed by atoms with Gasteiger partial charge in [0.15, 0.2) is 11.6 Å². The summed E-state index contributed by atoms with van der Waals surface area (Å²) in [6.45, 7) is 2.47. The summed E-state index contributed by atoms with van der Waals surface area (Å²) in [6.07, 6.45) is 6.72. The lowest BCUT2D eigenvalue weighted by Crippen LogP contribution is -2.42. The Labute approximate surface area is 289 Å². The topological polar surface area (TPSA) is 43.6 Å². The van der Waals surface area contributed by atoms with Gasteiger partial charge in [-0.1, -0.05) is 79.7 Å². The first kappa shape index (κ1) is 28.0. The fraction of sp³-hybridized carbons (Fsp3) is 0.250. The third-order valence-corrected chi connectivity index (χ3v) is 13.5. The lowest BCUT2D eigenvalue weighted by atomic mass is 9.59.